The van der Waals surface area contributed by atoms with E-state index in [1.165, 1.54) is 31.4 Å². The molecule has 0 saturated carbocycles. The quantitative estimate of drug-likeness (QED) is 0.840. The lowest BCUT2D eigenvalue weighted by Gasteiger charge is -2.28. The molecule has 0 amide bonds. The fraction of sp³-hybridized carbons (Fsp3) is 0.600. The molecule has 1 N–H and O–H groups in total. The molecule has 0 radical (unpaired) electrons. The van der Waals surface area contributed by atoms with E-state index >= 15 is 0 Å². The van der Waals surface area contributed by atoms with Crippen molar-refractivity contribution in [2.45, 2.75) is 36.6 Å². The molecule has 2 nitrogen and oxygen atoms in total. The summed E-state index contributed by atoms with van der Waals surface area (Å²) < 4.78 is 12.8. The van der Waals surface area contributed by atoms with Crippen molar-refractivity contribution in [3.8, 4) is 0 Å². The van der Waals surface area contributed by atoms with Gasteiger partial charge in [0.1, 0.15) is 5.82 Å². The number of aliphatic hydroxyl groups excluding tert-OH is 1. The molecule has 0 aromatic heterocycles. The molecule has 106 valence electrons. The summed E-state index contributed by atoms with van der Waals surface area (Å²) in [6.45, 7) is 2.35. The van der Waals surface area contributed by atoms with Crippen LogP contribution < -0.4 is 0 Å². The Morgan fingerprint density at radius 2 is 2.00 bits per heavy atom. The van der Waals surface area contributed by atoms with E-state index in [0.717, 1.165) is 30.2 Å². The first-order chi connectivity index (χ1) is 9.29. The molecule has 1 aromatic carbocycles. The first kappa shape index (κ1) is 14.8. The van der Waals surface area contributed by atoms with Gasteiger partial charge in [0, 0.05) is 23.2 Å². The summed E-state index contributed by atoms with van der Waals surface area (Å²) >= 11 is 1.75. The minimum Gasteiger partial charge on any atom is -0.395 e. The number of rotatable bonds is 5. The third-order valence-electron chi connectivity index (χ3n) is 3.67. The molecule has 0 aliphatic carbocycles. The second-order valence-electron chi connectivity index (χ2n) is 5.02. The summed E-state index contributed by atoms with van der Waals surface area (Å²) in [5.41, 5.74) is 0. The Kier molecular flexibility index (Phi) is 6.14. The van der Waals surface area contributed by atoms with Crippen LogP contribution in [0.15, 0.2) is 29.2 Å². The van der Waals surface area contributed by atoms with E-state index in [1.807, 2.05) is 12.1 Å². The van der Waals surface area contributed by atoms with Crippen LogP contribution in [0.3, 0.4) is 0 Å². The Balaban J connectivity index is 1.78. The predicted molar refractivity (Wildman–Crippen MR) is 78.0 cm³/mol. The number of likely N-dealkylation sites (tertiary alicyclic amines) is 1. The summed E-state index contributed by atoms with van der Waals surface area (Å²) in [6, 6.07) is 6.99. The number of nitrogens with zero attached hydrogens (tertiary/aromatic N) is 1. The largest absolute Gasteiger partial charge is 0.395 e. The molecule has 1 saturated heterocycles. The molecule has 1 atom stereocenters. The molecule has 1 unspecified atom stereocenters. The van der Waals surface area contributed by atoms with Gasteiger partial charge in [-0.1, -0.05) is 12.8 Å². The normalized spacial score (nSPS) is 21.3. The summed E-state index contributed by atoms with van der Waals surface area (Å²) in [4.78, 5) is 3.51. The molecular weight excluding hydrogens is 261 g/mol. The van der Waals surface area contributed by atoms with Crippen molar-refractivity contribution in [3.63, 3.8) is 0 Å². The van der Waals surface area contributed by atoms with Crippen molar-refractivity contribution in [1.29, 1.82) is 0 Å². The van der Waals surface area contributed by atoms with Crippen molar-refractivity contribution in [2.24, 2.45) is 0 Å². The van der Waals surface area contributed by atoms with Crippen LogP contribution in [0.5, 0.6) is 0 Å². The first-order valence-corrected chi connectivity index (χ1v) is 8.01. The Labute approximate surface area is 119 Å². The van der Waals surface area contributed by atoms with Crippen molar-refractivity contribution >= 4 is 11.8 Å². The second-order valence-corrected chi connectivity index (χ2v) is 6.19. The van der Waals surface area contributed by atoms with Gasteiger partial charge in [-0.05, 0) is 43.7 Å². The lowest BCUT2D eigenvalue weighted by atomic mass is 10.1. The Bertz CT molecular complexity index is 371. The van der Waals surface area contributed by atoms with Crippen molar-refractivity contribution in [3.05, 3.63) is 30.1 Å². The third kappa shape index (κ3) is 4.79. The number of aliphatic hydroxyl groups is 1. The van der Waals surface area contributed by atoms with Crippen LogP contribution in [-0.2, 0) is 0 Å². The van der Waals surface area contributed by atoms with Crippen LogP contribution in [-0.4, -0.2) is 41.5 Å². The van der Waals surface area contributed by atoms with E-state index < -0.39 is 0 Å². The van der Waals surface area contributed by atoms with Gasteiger partial charge in [0.05, 0.1) is 6.61 Å². The highest BCUT2D eigenvalue weighted by molar-refractivity contribution is 7.99. The number of halogens is 1. The summed E-state index contributed by atoms with van der Waals surface area (Å²) in [6.07, 6.45) is 4.85. The van der Waals surface area contributed by atoms with Gasteiger partial charge in [0.2, 0.25) is 0 Å². The molecule has 1 aliphatic rings. The summed E-state index contributed by atoms with van der Waals surface area (Å²) in [7, 11) is 0. The average molecular weight is 283 g/mol. The van der Waals surface area contributed by atoms with Gasteiger partial charge in [-0.15, -0.1) is 11.8 Å². The lowest BCUT2D eigenvalue weighted by molar-refractivity contribution is 0.131. The third-order valence-corrected chi connectivity index (χ3v) is 4.66. The van der Waals surface area contributed by atoms with E-state index in [9.17, 15) is 9.50 Å². The first-order valence-electron chi connectivity index (χ1n) is 7.03. The minimum absolute atomic E-state index is 0.183. The maximum atomic E-state index is 12.8. The van der Waals surface area contributed by atoms with Crippen LogP contribution in [0.2, 0.25) is 0 Å². The van der Waals surface area contributed by atoms with Crippen LogP contribution in [0.1, 0.15) is 25.7 Å². The molecule has 19 heavy (non-hydrogen) atoms. The summed E-state index contributed by atoms with van der Waals surface area (Å²) in [5, 5.41) is 9.44. The van der Waals surface area contributed by atoms with Gasteiger partial charge in [-0.2, -0.15) is 0 Å². The fourth-order valence-corrected chi connectivity index (χ4v) is 3.44. The lowest BCUT2D eigenvalue weighted by Crippen LogP contribution is -2.38. The molecular formula is C15H22FNOS. The highest BCUT2D eigenvalue weighted by atomic mass is 32.2. The topological polar surface area (TPSA) is 23.5 Å². The van der Waals surface area contributed by atoms with Gasteiger partial charge in [-0.25, -0.2) is 4.39 Å². The van der Waals surface area contributed by atoms with Gasteiger partial charge >= 0.3 is 0 Å². The monoisotopic (exact) mass is 283 g/mol. The van der Waals surface area contributed by atoms with E-state index in [2.05, 4.69) is 4.90 Å². The van der Waals surface area contributed by atoms with Crippen LogP contribution in [0.4, 0.5) is 4.39 Å². The molecule has 0 spiro atoms. The standard InChI is InChI=1S/C15H22FNOS/c16-13-5-7-15(8-6-13)19-11-10-17-9-3-1-2-4-14(17)12-18/h5-8,14,18H,1-4,9-12H2. The van der Waals surface area contributed by atoms with Crippen LogP contribution in [0.25, 0.3) is 0 Å². The van der Waals surface area contributed by atoms with Crippen molar-refractivity contribution in [1.82, 2.24) is 4.90 Å². The fourth-order valence-electron chi connectivity index (χ4n) is 2.55. The van der Waals surface area contributed by atoms with E-state index in [4.69, 9.17) is 0 Å². The highest BCUT2D eigenvalue weighted by Gasteiger charge is 2.19. The summed E-state index contributed by atoms with van der Waals surface area (Å²) in [5.74, 6) is 0.805. The molecule has 2 rings (SSSR count). The van der Waals surface area contributed by atoms with Crippen LogP contribution in [0, 0.1) is 5.82 Å². The molecule has 0 bridgehead atoms. The Hall–Kier alpha value is -0.580. The Morgan fingerprint density at radius 3 is 2.74 bits per heavy atom. The maximum absolute atomic E-state index is 12.8. The van der Waals surface area contributed by atoms with Gasteiger partial charge in [-0.3, -0.25) is 4.90 Å². The maximum Gasteiger partial charge on any atom is 0.123 e. The zero-order valence-electron chi connectivity index (χ0n) is 11.2. The predicted octanol–water partition coefficient (Wildman–Crippen LogP) is 3.15. The molecule has 1 fully saturated rings. The molecule has 1 aromatic rings. The molecule has 1 heterocycles. The van der Waals surface area contributed by atoms with Crippen LogP contribution >= 0.6 is 11.8 Å². The van der Waals surface area contributed by atoms with Gasteiger partial charge in [0.15, 0.2) is 0 Å². The van der Waals surface area contributed by atoms with Crippen molar-refractivity contribution < 1.29 is 9.50 Å². The van der Waals surface area contributed by atoms with E-state index in [0.29, 0.717) is 6.04 Å². The highest BCUT2D eigenvalue weighted by Crippen LogP contribution is 2.21. The molecule has 4 heteroatoms. The average Bonchev–Trinajstić information content (AvgIpc) is 2.66. The smallest absolute Gasteiger partial charge is 0.123 e. The number of hydrogen-bond donors (Lipinski definition) is 1. The zero-order chi connectivity index (χ0) is 13.5. The number of benzene rings is 1. The number of thioether (sulfide) groups is 1. The van der Waals surface area contributed by atoms with E-state index in [-0.39, 0.29) is 12.4 Å². The zero-order valence-corrected chi connectivity index (χ0v) is 12.0. The second kappa shape index (κ2) is 7.88. The Morgan fingerprint density at radius 1 is 1.21 bits per heavy atom. The molecule has 1 aliphatic heterocycles. The minimum atomic E-state index is -0.183. The van der Waals surface area contributed by atoms with Gasteiger partial charge in [0.25, 0.3) is 0 Å². The van der Waals surface area contributed by atoms with Crippen molar-refractivity contribution in [2.75, 3.05) is 25.4 Å². The van der Waals surface area contributed by atoms with Gasteiger partial charge < -0.3 is 5.11 Å². The SMILES string of the molecule is OCC1CCCCCN1CCSc1ccc(F)cc1. The number of hydrogen-bond acceptors (Lipinski definition) is 3. The van der Waals surface area contributed by atoms with E-state index in [1.54, 1.807) is 11.8 Å².